The van der Waals surface area contributed by atoms with Crippen LogP contribution in [0.4, 0.5) is 0 Å². The number of halogens is 1. The number of carbonyl (C=O) groups is 3. The van der Waals surface area contributed by atoms with Gasteiger partial charge in [-0.3, -0.25) is 19.3 Å². The third kappa shape index (κ3) is 5.69. The van der Waals surface area contributed by atoms with Crippen LogP contribution in [0.3, 0.4) is 0 Å². The molecule has 1 atom stereocenters. The molecule has 0 saturated carbocycles. The number of hydrogen-bond donors (Lipinski definition) is 1. The van der Waals surface area contributed by atoms with Gasteiger partial charge in [-0.2, -0.15) is 0 Å². The van der Waals surface area contributed by atoms with Gasteiger partial charge in [-0.1, -0.05) is 60.7 Å². The number of aromatic nitrogens is 2. The molecule has 0 aliphatic carbocycles. The second-order valence-corrected chi connectivity index (χ2v) is 14.7. The van der Waals surface area contributed by atoms with Crippen molar-refractivity contribution in [2.24, 2.45) is 0 Å². The Kier molecular flexibility index (Phi) is 8.08. The summed E-state index contributed by atoms with van der Waals surface area (Å²) in [6.07, 6.45) is 3.42. The Balaban J connectivity index is 1.18. The van der Waals surface area contributed by atoms with E-state index in [1.54, 1.807) is 66.9 Å². The van der Waals surface area contributed by atoms with Crippen LogP contribution in [0.5, 0.6) is 0 Å². The van der Waals surface area contributed by atoms with E-state index in [-0.39, 0.29) is 34.8 Å². The summed E-state index contributed by atoms with van der Waals surface area (Å²) >= 11 is 4.84. The molecule has 47 heavy (non-hydrogen) atoms. The highest BCUT2D eigenvalue weighted by atomic mass is 79.9. The number of pyridine rings is 1. The van der Waals surface area contributed by atoms with Crippen LogP contribution in [0.25, 0.3) is 21.5 Å². The molecule has 1 N–H and O–H groups in total. The topological polar surface area (TPSA) is 118 Å². The highest BCUT2D eigenvalue weighted by molar-refractivity contribution is 9.10. The predicted molar refractivity (Wildman–Crippen MR) is 183 cm³/mol. The summed E-state index contributed by atoms with van der Waals surface area (Å²) in [5.41, 5.74) is 2.62. The van der Waals surface area contributed by atoms with Crippen LogP contribution in [-0.4, -0.2) is 52.6 Å². The first kappa shape index (κ1) is 30.7. The van der Waals surface area contributed by atoms with Gasteiger partial charge in [0.15, 0.2) is 5.65 Å². The number of hydrogen-bond acceptors (Lipinski definition) is 7. The Morgan fingerprint density at radius 3 is 2.17 bits per heavy atom. The van der Waals surface area contributed by atoms with E-state index >= 15 is 0 Å². The van der Waals surface area contributed by atoms with E-state index < -0.39 is 16.1 Å². The van der Waals surface area contributed by atoms with Gasteiger partial charge in [-0.05, 0) is 70.4 Å². The first-order valence-corrected chi connectivity index (χ1v) is 17.6. The fourth-order valence-corrected chi connectivity index (χ4v) is 8.87. The lowest BCUT2D eigenvalue weighted by molar-refractivity contribution is 0.0629. The molecule has 0 saturated heterocycles. The van der Waals surface area contributed by atoms with Gasteiger partial charge in [-0.15, -0.1) is 11.3 Å². The predicted octanol–water partition coefficient (Wildman–Crippen LogP) is 6.40. The molecule has 0 radical (unpaired) electrons. The normalized spacial score (nSPS) is 13.6. The molecule has 3 aromatic heterocycles. The molecule has 0 unspecified atom stereocenters. The minimum absolute atomic E-state index is 0.000757. The van der Waals surface area contributed by atoms with Crippen LogP contribution in [0.1, 0.15) is 36.0 Å². The van der Waals surface area contributed by atoms with Gasteiger partial charge in [-0.25, -0.2) is 17.4 Å². The van der Waals surface area contributed by atoms with E-state index in [2.05, 4.69) is 26.2 Å². The fraction of sp³-hybridized carbons (Fsp3) is 0.0857. The summed E-state index contributed by atoms with van der Waals surface area (Å²) < 4.78 is 28.6. The molecule has 0 bridgehead atoms. The second-order valence-electron chi connectivity index (χ2n) is 10.9. The Morgan fingerprint density at radius 2 is 1.49 bits per heavy atom. The van der Waals surface area contributed by atoms with Crippen molar-refractivity contribution >= 4 is 66.0 Å². The van der Waals surface area contributed by atoms with Crippen molar-refractivity contribution in [1.29, 1.82) is 0 Å². The largest absolute Gasteiger partial charge is 0.346 e. The summed E-state index contributed by atoms with van der Waals surface area (Å²) in [6.45, 7) is 0.000757. The van der Waals surface area contributed by atoms with E-state index in [0.717, 1.165) is 14.4 Å². The third-order valence-corrected chi connectivity index (χ3v) is 11.7. The lowest BCUT2D eigenvalue weighted by Crippen LogP contribution is -2.46. The van der Waals surface area contributed by atoms with Gasteiger partial charge in [0.05, 0.1) is 31.8 Å². The quantitative estimate of drug-likeness (QED) is 0.173. The zero-order valence-electron chi connectivity index (χ0n) is 24.5. The smallest absolute Gasteiger partial charge is 0.269 e. The maximum absolute atomic E-state index is 13.7. The Hall–Kier alpha value is -4.91. The van der Waals surface area contributed by atoms with Gasteiger partial charge < -0.3 is 5.32 Å². The van der Waals surface area contributed by atoms with Gasteiger partial charge in [0, 0.05) is 34.4 Å². The highest BCUT2D eigenvalue weighted by Crippen LogP contribution is 2.40. The summed E-state index contributed by atoms with van der Waals surface area (Å²) in [5.74, 6) is -1.14. The molecular weight excluding hydrogens is 700 g/mol. The van der Waals surface area contributed by atoms with Crippen LogP contribution in [-0.2, 0) is 16.4 Å². The fourth-order valence-electron chi connectivity index (χ4n) is 5.72. The van der Waals surface area contributed by atoms with Crippen molar-refractivity contribution in [1.82, 2.24) is 19.2 Å². The monoisotopic (exact) mass is 724 g/mol. The van der Waals surface area contributed by atoms with E-state index in [9.17, 15) is 22.8 Å². The number of nitrogens with one attached hydrogen (secondary N) is 1. The molecule has 0 fully saturated rings. The maximum Gasteiger partial charge on any atom is 0.269 e. The number of nitrogens with zero attached hydrogens (tertiary/aromatic N) is 3. The molecule has 1 aliphatic heterocycles. The van der Waals surface area contributed by atoms with Gasteiger partial charge >= 0.3 is 0 Å². The Bertz CT molecular complexity index is 2250. The number of rotatable bonds is 9. The zero-order chi connectivity index (χ0) is 32.7. The van der Waals surface area contributed by atoms with Crippen molar-refractivity contribution in [2.75, 3.05) is 6.54 Å². The molecule has 7 rings (SSSR count). The van der Waals surface area contributed by atoms with Crippen LogP contribution < -0.4 is 5.32 Å². The van der Waals surface area contributed by atoms with E-state index in [0.29, 0.717) is 37.8 Å². The van der Waals surface area contributed by atoms with Gasteiger partial charge in [0.25, 0.3) is 27.7 Å². The van der Waals surface area contributed by atoms with E-state index in [1.165, 1.54) is 34.6 Å². The molecule has 9 nitrogen and oxygen atoms in total. The molecular formula is C35H25BrN4O5S2. The number of thiophene rings is 1. The summed E-state index contributed by atoms with van der Waals surface area (Å²) in [5, 5.41) is 3.66. The summed E-state index contributed by atoms with van der Waals surface area (Å²) in [4.78, 5) is 46.9. The summed E-state index contributed by atoms with van der Waals surface area (Å²) in [7, 11) is -3.88. The lowest BCUT2D eigenvalue weighted by atomic mass is 10.1. The first-order valence-electron chi connectivity index (χ1n) is 14.6. The lowest BCUT2D eigenvalue weighted by Gasteiger charge is -2.23. The number of imide groups is 1. The summed E-state index contributed by atoms with van der Waals surface area (Å²) in [6, 6.07) is 29.0. The average molecular weight is 726 g/mol. The minimum Gasteiger partial charge on any atom is -0.346 e. The molecule has 6 aromatic rings. The molecule has 12 heteroatoms. The molecule has 0 spiro atoms. The van der Waals surface area contributed by atoms with Crippen molar-refractivity contribution in [2.45, 2.75) is 17.4 Å². The number of carbonyl (C=O) groups excluding carboxylic acids is 3. The second kappa shape index (κ2) is 12.4. The third-order valence-electron chi connectivity index (χ3n) is 7.95. The average Bonchev–Trinajstić information content (AvgIpc) is 3.77. The number of amides is 3. The van der Waals surface area contributed by atoms with Crippen molar-refractivity contribution < 1.29 is 22.8 Å². The molecule has 3 amide bonds. The molecule has 234 valence electrons. The van der Waals surface area contributed by atoms with Gasteiger partial charge in [0.1, 0.15) is 0 Å². The molecule has 4 heterocycles. The molecule has 1 aliphatic rings. The SMILES string of the molecule is O=C(N[C@@H](Cc1ccccc1)CN1C(=O)c2ccccc2C1=O)c1cc(Br)c(-c2ccnc3c2ccn3S(=O)(=O)c2ccccc2)s1. The van der Waals surface area contributed by atoms with Crippen molar-refractivity contribution in [3.63, 3.8) is 0 Å². The minimum atomic E-state index is -3.88. The number of fused-ring (bicyclic) bond motifs is 2. The van der Waals surface area contributed by atoms with Crippen LogP contribution in [0, 0.1) is 0 Å². The first-order chi connectivity index (χ1) is 22.7. The highest BCUT2D eigenvalue weighted by Gasteiger charge is 2.37. The standard InChI is InChI=1S/C35H25BrN4O5S2/c36-29-20-30(46-31(29)25-15-17-37-32-26(25)16-18-40(32)47(44,45)24-11-5-2-6-12-24)33(41)38-23(19-22-9-3-1-4-10-22)21-39-34(42)27-13-7-8-14-28(27)35(39)43/h1-18,20,23H,19,21H2,(H,38,41)/t23-/m0/s1. The zero-order valence-corrected chi connectivity index (χ0v) is 27.8. The van der Waals surface area contributed by atoms with Crippen LogP contribution in [0.15, 0.2) is 125 Å². The van der Waals surface area contributed by atoms with Gasteiger partial charge in [0.2, 0.25) is 0 Å². The Labute approximate surface area is 282 Å². The van der Waals surface area contributed by atoms with E-state index in [1.807, 2.05) is 30.3 Å². The van der Waals surface area contributed by atoms with Crippen LogP contribution >= 0.6 is 27.3 Å². The van der Waals surface area contributed by atoms with E-state index in [4.69, 9.17) is 0 Å². The van der Waals surface area contributed by atoms with Crippen LogP contribution in [0.2, 0.25) is 0 Å². The van der Waals surface area contributed by atoms with Crippen molar-refractivity contribution in [3.8, 4) is 10.4 Å². The Morgan fingerprint density at radius 1 is 0.851 bits per heavy atom. The van der Waals surface area contributed by atoms with Crippen molar-refractivity contribution in [3.05, 3.63) is 142 Å². The molecule has 3 aromatic carbocycles. The maximum atomic E-state index is 13.7. The number of benzene rings is 3.